The van der Waals surface area contributed by atoms with E-state index in [2.05, 4.69) is 38.6 Å². The Bertz CT molecular complexity index is 1350. The van der Waals surface area contributed by atoms with Crippen LogP contribution in [0.15, 0.2) is 24.3 Å². The van der Waals surface area contributed by atoms with Crippen molar-refractivity contribution in [3.63, 3.8) is 0 Å². The Morgan fingerprint density at radius 2 is 1.90 bits per heavy atom. The van der Waals surface area contributed by atoms with Gasteiger partial charge in [0.25, 0.3) is 0 Å². The summed E-state index contributed by atoms with van der Waals surface area (Å²) in [6.45, 7) is 6.07. The maximum atomic E-state index is 14.2. The number of aromatic nitrogens is 4. The van der Waals surface area contributed by atoms with Crippen molar-refractivity contribution < 1.29 is 14.3 Å². The Hall–Kier alpha value is -3.23. The first-order valence-electron chi connectivity index (χ1n) is 14.7. The van der Waals surface area contributed by atoms with Gasteiger partial charge in [-0.15, -0.1) is 0 Å². The van der Waals surface area contributed by atoms with Gasteiger partial charge in [-0.25, -0.2) is 19.2 Å². The predicted octanol–water partition coefficient (Wildman–Crippen LogP) is 6.43. The van der Waals surface area contributed by atoms with Crippen LogP contribution in [-0.4, -0.2) is 43.2 Å². The highest BCUT2D eigenvalue weighted by atomic mass is 19.1. The molecule has 1 unspecified atom stereocenters. The SMILES string of the molecule is C[C@@H](Nc1nc(C(=O)O)nc2nc(N3CCCC3c3cccc(F)c3)n(C[C@H]3CC[C@H](C)CC3)c12)C1CCC1. The van der Waals surface area contributed by atoms with Crippen molar-refractivity contribution in [2.24, 2.45) is 17.8 Å². The molecule has 3 fully saturated rings. The molecule has 1 saturated heterocycles. The minimum Gasteiger partial charge on any atom is -0.475 e. The lowest BCUT2D eigenvalue weighted by Gasteiger charge is -2.33. The third-order valence-corrected chi connectivity index (χ3v) is 9.31. The highest BCUT2D eigenvalue weighted by Gasteiger charge is 2.34. The lowest BCUT2D eigenvalue weighted by Crippen LogP contribution is -2.32. The number of hydrogen-bond acceptors (Lipinski definition) is 6. The third kappa shape index (κ3) is 5.20. The quantitative estimate of drug-likeness (QED) is 0.344. The molecule has 8 nitrogen and oxygen atoms in total. The fraction of sp³-hybridized carbons (Fsp3) is 0.600. The molecule has 2 saturated carbocycles. The van der Waals surface area contributed by atoms with Crippen LogP contribution in [0.25, 0.3) is 11.2 Å². The number of halogens is 1. The van der Waals surface area contributed by atoms with E-state index in [-0.39, 0.29) is 23.7 Å². The molecule has 2 aromatic heterocycles. The van der Waals surface area contributed by atoms with Crippen molar-refractivity contribution in [3.05, 3.63) is 41.5 Å². The summed E-state index contributed by atoms with van der Waals surface area (Å²) < 4.78 is 16.5. The van der Waals surface area contributed by atoms with Crippen LogP contribution in [0.1, 0.15) is 93.9 Å². The van der Waals surface area contributed by atoms with E-state index >= 15 is 0 Å². The Morgan fingerprint density at radius 3 is 2.59 bits per heavy atom. The second-order valence-electron chi connectivity index (χ2n) is 12.1. The van der Waals surface area contributed by atoms with Gasteiger partial charge in [-0.05, 0) is 80.9 Å². The summed E-state index contributed by atoms with van der Waals surface area (Å²) in [7, 11) is 0. The van der Waals surface area contributed by atoms with Crippen LogP contribution in [0.4, 0.5) is 16.2 Å². The molecule has 1 aromatic carbocycles. The average Bonchev–Trinajstić information content (AvgIpc) is 3.49. The monoisotopic (exact) mass is 534 g/mol. The smallest absolute Gasteiger partial charge is 0.374 e. The van der Waals surface area contributed by atoms with E-state index in [9.17, 15) is 14.3 Å². The molecule has 0 spiro atoms. The Kier molecular flexibility index (Phi) is 7.16. The van der Waals surface area contributed by atoms with Crippen molar-refractivity contribution in [2.45, 2.75) is 90.3 Å². The van der Waals surface area contributed by atoms with Gasteiger partial charge in [-0.2, -0.15) is 4.98 Å². The first-order chi connectivity index (χ1) is 18.9. The number of carboxylic acids is 1. The van der Waals surface area contributed by atoms with Crippen LogP contribution in [0.3, 0.4) is 0 Å². The van der Waals surface area contributed by atoms with Gasteiger partial charge in [0.2, 0.25) is 11.8 Å². The molecule has 2 aliphatic carbocycles. The van der Waals surface area contributed by atoms with E-state index in [1.165, 1.54) is 38.2 Å². The van der Waals surface area contributed by atoms with E-state index in [0.29, 0.717) is 23.3 Å². The molecule has 208 valence electrons. The fourth-order valence-electron chi connectivity index (χ4n) is 6.72. The van der Waals surface area contributed by atoms with Crippen molar-refractivity contribution in [3.8, 4) is 0 Å². The molecule has 39 heavy (non-hydrogen) atoms. The first-order valence-corrected chi connectivity index (χ1v) is 14.7. The fourth-order valence-corrected chi connectivity index (χ4v) is 6.72. The zero-order valence-corrected chi connectivity index (χ0v) is 22.9. The second-order valence-corrected chi connectivity index (χ2v) is 12.1. The summed E-state index contributed by atoms with van der Waals surface area (Å²) in [5.41, 5.74) is 2.13. The first kappa shape index (κ1) is 26.0. The number of benzene rings is 1. The molecule has 9 heteroatoms. The van der Waals surface area contributed by atoms with Crippen molar-refractivity contribution >= 4 is 28.9 Å². The number of carbonyl (C=O) groups is 1. The molecule has 2 N–H and O–H groups in total. The van der Waals surface area contributed by atoms with Crippen LogP contribution in [0.5, 0.6) is 0 Å². The molecule has 0 amide bonds. The molecule has 3 aromatic rings. The van der Waals surface area contributed by atoms with Crippen molar-refractivity contribution in [1.29, 1.82) is 0 Å². The lowest BCUT2D eigenvalue weighted by molar-refractivity contribution is 0.0684. The van der Waals surface area contributed by atoms with Gasteiger partial charge in [0, 0.05) is 19.1 Å². The summed E-state index contributed by atoms with van der Waals surface area (Å²) in [6, 6.07) is 7.02. The number of anilines is 2. The number of rotatable bonds is 8. The maximum Gasteiger partial charge on any atom is 0.374 e. The van der Waals surface area contributed by atoms with Gasteiger partial charge < -0.3 is 19.9 Å². The minimum atomic E-state index is -1.16. The highest BCUT2D eigenvalue weighted by Crippen LogP contribution is 2.40. The summed E-state index contributed by atoms with van der Waals surface area (Å²) in [5, 5.41) is 13.4. The Balaban J connectivity index is 1.47. The van der Waals surface area contributed by atoms with E-state index in [4.69, 9.17) is 4.98 Å². The molecular weight excluding hydrogens is 495 g/mol. The lowest BCUT2D eigenvalue weighted by atomic mass is 9.80. The third-order valence-electron chi connectivity index (χ3n) is 9.31. The Labute approximate surface area is 229 Å². The number of aromatic carboxylic acids is 1. The second kappa shape index (κ2) is 10.7. The number of imidazole rings is 1. The highest BCUT2D eigenvalue weighted by molar-refractivity contribution is 5.91. The summed E-state index contributed by atoms with van der Waals surface area (Å²) in [6.07, 6.45) is 10.2. The topological polar surface area (TPSA) is 96.2 Å². The van der Waals surface area contributed by atoms with Gasteiger partial charge in [0.05, 0.1) is 6.04 Å². The molecule has 0 bridgehead atoms. The predicted molar refractivity (Wildman–Crippen MR) is 150 cm³/mol. The van der Waals surface area contributed by atoms with Crippen LogP contribution < -0.4 is 10.2 Å². The van der Waals surface area contributed by atoms with Crippen LogP contribution in [0.2, 0.25) is 0 Å². The zero-order valence-electron chi connectivity index (χ0n) is 22.9. The largest absolute Gasteiger partial charge is 0.475 e. The maximum absolute atomic E-state index is 14.2. The molecule has 3 heterocycles. The molecule has 0 radical (unpaired) electrons. The van der Waals surface area contributed by atoms with Gasteiger partial charge in [0.15, 0.2) is 11.5 Å². The van der Waals surface area contributed by atoms with Gasteiger partial charge >= 0.3 is 5.97 Å². The summed E-state index contributed by atoms with van der Waals surface area (Å²) >= 11 is 0. The van der Waals surface area contributed by atoms with E-state index in [0.717, 1.165) is 61.7 Å². The van der Waals surface area contributed by atoms with Crippen LogP contribution in [0, 0.1) is 23.6 Å². The standard InChI is InChI=1S/C30H39FN6O2/c1-18-11-13-20(14-12-18)17-37-25-26(32-19(2)21-6-3-7-21)33-28(29(38)39)34-27(25)35-30(37)36-15-5-10-24(36)22-8-4-9-23(31)16-22/h4,8-9,16,18-21,24H,3,5-7,10-15,17H2,1-2H3,(H,38,39)(H,32,33,34)/t18-,19-,20-,24?/m1/s1. The average molecular weight is 535 g/mol. The van der Waals surface area contributed by atoms with Gasteiger partial charge in [0.1, 0.15) is 11.3 Å². The van der Waals surface area contributed by atoms with Crippen molar-refractivity contribution in [2.75, 3.05) is 16.8 Å². The summed E-state index contributed by atoms with van der Waals surface area (Å²) in [4.78, 5) is 28.2. The number of nitrogens with one attached hydrogen (secondary N) is 1. The molecular formula is C30H39FN6O2. The van der Waals surface area contributed by atoms with Crippen LogP contribution in [-0.2, 0) is 6.54 Å². The zero-order chi connectivity index (χ0) is 27.1. The summed E-state index contributed by atoms with van der Waals surface area (Å²) in [5.74, 6) is 1.51. The van der Waals surface area contributed by atoms with E-state index in [1.54, 1.807) is 12.1 Å². The van der Waals surface area contributed by atoms with Gasteiger partial charge in [-0.3, -0.25) is 0 Å². The molecule has 2 atom stereocenters. The molecule has 3 aliphatic rings. The molecule has 1 aliphatic heterocycles. The Morgan fingerprint density at radius 1 is 1.10 bits per heavy atom. The van der Waals surface area contributed by atoms with Crippen molar-refractivity contribution in [1.82, 2.24) is 19.5 Å². The molecule has 6 rings (SSSR count). The number of carboxylic acid groups (broad SMARTS) is 1. The minimum absolute atomic E-state index is 0.000136. The number of nitrogens with zero attached hydrogens (tertiary/aromatic N) is 5. The van der Waals surface area contributed by atoms with Gasteiger partial charge in [-0.1, -0.05) is 38.3 Å². The van der Waals surface area contributed by atoms with E-state index in [1.807, 2.05) is 6.07 Å². The van der Waals surface area contributed by atoms with E-state index < -0.39 is 5.97 Å². The van der Waals surface area contributed by atoms with Crippen LogP contribution >= 0.6 is 0 Å². The number of hydrogen-bond donors (Lipinski definition) is 2. The number of fused-ring (bicyclic) bond motifs is 1. The normalized spacial score (nSPS) is 24.6.